The summed E-state index contributed by atoms with van der Waals surface area (Å²) >= 11 is 0. The van der Waals surface area contributed by atoms with Crippen LogP contribution in [0.4, 0.5) is 0 Å². The smallest absolute Gasteiger partial charge is 0.144 e. The van der Waals surface area contributed by atoms with Crippen molar-refractivity contribution in [3.8, 4) is 11.8 Å². The summed E-state index contributed by atoms with van der Waals surface area (Å²) in [6.45, 7) is 2.18. The van der Waals surface area contributed by atoms with Gasteiger partial charge in [-0.3, -0.25) is 0 Å². The van der Waals surface area contributed by atoms with Gasteiger partial charge in [0.2, 0.25) is 0 Å². The fourth-order valence-electron chi connectivity index (χ4n) is 1.53. The largest absolute Gasteiger partial charge is 0.490 e. The monoisotopic (exact) mass is 188 g/mol. The molecule has 1 aliphatic carbocycles. The van der Waals surface area contributed by atoms with E-state index in [1.165, 1.54) is 6.42 Å². The molecule has 0 N–H and O–H groups in total. The van der Waals surface area contributed by atoms with E-state index in [0.29, 0.717) is 17.7 Å². The van der Waals surface area contributed by atoms with Gasteiger partial charge in [-0.1, -0.05) is 6.92 Å². The molecule has 1 saturated carbocycles. The molecule has 14 heavy (non-hydrogen) atoms. The Morgan fingerprint density at radius 3 is 3.00 bits per heavy atom. The van der Waals surface area contributed by atoms with E-state index in [1.807, 2.05) is 6.07 Å². The zero-order valence-corrected chi connectivity index (χ0v) is 8.10. The molecule has 1 aliphatic rings. The summed E-state index contributed by atoms with van der Waals surface area (Å²) in [4.78, 5) is 3.89. The van der Waals surface area contributed by atoms with Gasteiger partial charge in [0.25, 0.3) is 0 Å². The topological polar surface area (TPSA) is 45.9 Å². The van der Waals surface area contributed by atoms with Crippen molar-refractivity contribution < 1.29 is 4.74 Å². The van der Waals surface area contributed by atoms with Gasteiger partial charge in [0.1, 0.15) is 23.6 Å². The third-order valence-corrected chi connectivity index (χ3v) is 2.67. The highest BCUT2D eigenvalue weighted by molar-refractivity contribution is 5.30. The Morgan fingerprint density at radius 2 is 2.43 bits per heavy atom. The van der Waals surface area contributed by atoms with Crippen molar-refractivity contribution in [3.63, 3.8) is 0 Å². The summed E-state index contributed by atoms with van der Waals surface area (Å²) < 4.78 is 5.71. The second-order valence-electron chi connectivity index (χ2n) is 3.70. The summed E-state index contributed by atoms with van der Waals surface area (Å²) in [6.07, 6.45) is 4.28. The van der Waals surface area contributed by atoms with Crippen molar-refractivity contribution >= 4 is 0 Å². The molecular weight excluding hydrogens is 176 g/mol. The van der Waals surface area contributed by atoms with Crippen LogP contribution in [0.1, 0.15) is 25.5 Å². The second kappa shape index (κ2) is 3.67. The Balaban J connectivity index is 2.06. The van der Waals surface area contributed by atoms with Crippen LogP contribution in [0.5, 0.6) is 5.75 Å². The van der Waals surface area contributed by atoms with Crippen molar-refractivity contribution in [1.29, 1.82) is 5.26 Å². The fourth-order valence-corrected chi connectivity index (χ4v) is 1.53. The third kappa shape index (κ3) is 1.69. The predicted molar refractivity (Wildman–Crippen MR) is 51.8 cm³/mol. The maximum atomic E-state index is 8.65. The molecule has 0 bridgehead atoms. The zero-order chi connectivity index (χ0) is 9.97. The minimum Gasteiger partial charge on any atom is -0.490 e. The number of nitriles is 1. The summed E-state index contributed by atoms with van der Waals surface area (Å²) in [5.74, 6) is 1.39. The van der Waals surface area contributed by atoms with Crippen LogP contribution in [0.2, 0.25) is 0 Å². The lowest BCUT2D eigenvalue weighted by atomic mass is 9.83. The molecule has 1 heterocycles. The number of rotatable bonds is 2. The molecule has 1 aromatic rings. The van der Waals surface area contributed by atoms with E-state index in [0.717, 1.165) is 12.2 Å². The molecule has 2 rings (SSSR count). The van der Waals surface area contributed by atoms with Gasteiger partial charge in [-0.05, 0) is 24.8 Å². The van der Waals surface area contributed by atoms with Gasteiger partial charge in [0.05, 0.1) is 0 Å². The Labute approximate surface area is 83.3 Å². The Hall–Kier alpha value is -1.56. The Bertz CT molecular complexity index is 370. The lowest BCUT2D eigenvalue weighted by molar-refractivity contribution is 0.0576. The number of hydrogen-bond acceptors (Lipinski definition) is 3. The van der Waals surface area contributed by atoms with Gasteiger partial charge in [0.15, 0.2) is 0 Å². The van der Waals surface area contributed by atoms with Crippen molar-refractivity contribution in [3.05, 3.63) is 24.0 Å². The van der Waals surface area contributed by atoms with Gasteiger partial charge >= 0.3 is 0 Å². The summed E-state index contributed by atoms with van der Waals surface area (Å²) in [6, 6.07) is 5.48. The lowest BCUT2D eigenvalue weighted by Crippen LogP contribution is -2.34. The molecule has 0 radical (unpaired) electrons. The van der Waals surface area contributed by atoms with Crippen LogP contribution >= 0.6 is 0 Å². The Morgan fingerprint density at radius 1 is 1.57 bits per heavy atom. The molecule has 0 spiro atoms. The van der Waals surface area contributed by atoms with Crippen molar-refractivity contribution in [1.82, 2.24) is 4.98 Å². The molecule has 0 aliphatic heterocycles. The first-order valence-corrected chi connectivity index (χ1v) is 4.82. The maximum Gasteiger partial charge on any atom is 0.144 e. The molecule has 2 atom stereocenters. The zero-order valence-electron chi connectivity index (χ0n) is 8.10. The van der Waals surface area contributed by atoms with Gasteiger partial charge in [-0.2, -0.15) is 5.26 Å². The van der Waals surface area contributed by atoms with E-state index in [4.69, 9.17) is 10.00 Å². The number of nitrogens with zero attached hydrogens (tertiary/aromatic N) is 2. The van der Waals surface area contributed by atoms with Gasteiger partial charge in [-0.25, -0.2) is 4.98 Å². The highest BCUT2D eigenvalue weighted by Crippen LogP contribution is 2.30. The van der Waals surface area contributed by atoms with Gasteiger partial charge in [0, 0.05) is 12.3 Å². The second-order valence-corrected chi connectivity index (χ2v) is 3.70. The third-order valence-electron chi connectivity index (χ3n) is 2.67. The number of pyridine rings is 1. The number of hydrogen-bond donors (Lipinski definition) is 0. The number of aromatic nitrogens is 1. The summed E-state index contributed by atoms with van der Waals surface area (Å²) in [7, 11) is 0. The van der Waals surface area contributed by atoms with Crippen LogP contribution in [-0.4, -0.2) is 11.1 Å². The minimum absolute atomic E-state index is 0.323. The number of ether oxygens (including phenoxy) is 1. The summed E-state index contributed by atoms with van der Waals surface area (Å²) in [5.41, 5.74) is 0.412. The van der Waals surface area contributed by atoms with E-state index >= 15 is 0 Å². The van der Waals surface area contributed by atoms with E-state index in [-0.39, 0.29) is 0 Å². The van der Waals surface area contributed by atoms with Crippen LogP contribution in [0.3, 0.4) is 0 Å². The Kier molecular flexibility index (Phi) is 2.36. The van der Waals surface area contributed by atoms with E-state index in [2.05, 4.69) is 11.9 Å². The molecule has 3 heteroatoms. The lowest BCUT2D eigenvalue weighted by Gasteiger charge is -2.33. The van der Waals surface area contributed by atoms with Crippen LogP contribution in [0, 0.1) is 17.2 Å². The molecule has 1 fully saturated rings. The molecule has 1 aromatic heterocycles. The summed E-state index contributed by atoms with van der Waals surface area (Å²) in [5, 5.41) is 8.65. The molecule has 0 amide bonds. The first kappa shape index (κ1) is 9.01. The van der Waals surface area contributed by atoms with E-state index < -0.39 is 0 Å². The van der Waals surface area contributed by atoms with Gasteiger partial charge < -0.3 is 4.74 Å². The highest BCUT2D eigenvalue weighted by atomic mass is 16.5. The molecule has 3 nitrogen and oxygen atoms in total. The predicted octanol–water partition coefficient (Wildman–Crippen LogP) is 2.13. The highest BCUT2D eigenvalue weighted by Gasteiger charge is 2.28. The molecule has 72 valence electrons. The van der Waals surface area contributed by atoms with Gasteiger partial charge in [-0.15, -0.1) is 0 Å². The first-order valence-electron chi connectivity index (χ1n) is 4.82. The van der Waals surface area contributed by atoms with Crippen LogP contribution in [-0.2, 0) is 0 Å². The quantitative estimate of drug-likeness (QED) is 0.714. The van der Waals surface area contributed by atoms with Crippen molar-refractivity contribution in [2.45, 2.75) is 25.9 Å². The normalized spacial score (nSPS) is 24.9. The van der Waals surface area contributed by atoms with E-state index in [1.54, 1.807) is 18.3 Å². The fraction of sp³-hybridized carbons (Fsp3) is 0.455. The molecule has 0 aromatic carbocycles. The first-order chi connectivity index (χ1) is 6.79. The molecule has 0 saturated heterocycles. The van der Waals surface area contributed by atoms with E-state index in [9.17, 15) is 0 Å². The standard InChI is InChI=1S/C11H12N2O/c1-8-2-3-11(8)14-10-4-5-13-9(6-10)7-12/h4-6,8,11H,2-3H2,1H3/t8-,11+/m0/s1. The van der Waals surface area contributed by atoms with Crippen LogP contribution < -0.4 is 4.74 Å². The van der Waals surface area contributed by atoms with Crippen LogP contribution in [0.15, 0.2) is 18.3 Å². The molecule has 0 unspecified atom stereocenters. The van der Waals surface area contributed by atoms with Crippen molar-refractivity contribution in [2.24, 2.45) is 5.92 Å². The minimum atomic E-state index is 0.323. The SMILES string of the molecule is C[C@H]1CC[C@H]1Oc1ccnc(C#N)c1. The average molecular weight is 188 g/mol. The average Bonchev–Trinajstić information content (AvgIpc) is 2.24. The maximum absolute atomic E-state index is 8.65. The van der Waals surface area contributed by atoms with Crippen molar-refractivity contribution in [2.75, 3.05) is 0 Å². The van der Waals surface area contributed by atoms with Crippen LogP contribution in [0.25, 0.3) is 0 Å². The molecular formula is C11H12N2O.